The van der Waals surface area contributed by atoms with Gasteiger partial charge in [-0.1, -0.05) is 11.2 Å². The molecule has 0 aliphatic rings. The fourth-order valence-corrected chi connectivity index (χ4v) is 4.08. The van der Waals surface area contributed by atoms with E-state index in [9.17, 15) is 8.42 Å². The summed E-state index contributed by atoms with van der Waals surface area (Å²) in [5.41, 5.74) is 1.57. The molecule has 0 bridgehead atoms. The fraction of sp³-hybridized carbons (Fsp3) is 0.308. The van der Waals surface area contributed by atoms with Crippen molar-refractivity contribution in [2.75, 3.05) is 7.05 Å². The van der Waals surface area contributed by atoms with E-state index in [2.05, 4.69) is 21.1 Å². The lowest BCUT2D eigenvalue weighted by Gasteiger charge is -2.17. The van der Waals surface area contributed by atoms with E-state index in [1.54, 1.807) is 31.2 Å². The zero-order chi connectivity index (χ0) is 14.9. The summed E-state index contributed by atoms with van der Waals surface area (Å²) in [6, 6.07) is 6.86. The maximum absolute atomic E-state index is 12.5. The largest absolute Gasteiger partial charge is 0.361 e. The molecule has 0 aliphatic carbocycles. The minimum atomic E-state index is -3.57. The Kier molecular flexibility index (Phi) is 4.31. The molecule has 0 N–H and O–H groups in total. The van der Waals surface area contributed by atoms with Crippen LogP contribution in [-0.4, -0.2) is 24.9 Å². The molecule has 0 saturated heterocycles. The molecule has 1 heterocycles. The topological polar surface area (TPSA) is 63.4 Å². The predicted molar refractivity (Wildman–Crippen MR) is 78.8 cm³/mol. The van der Waals surface area contributed by atoms with Crippen molar-refractivity contribution in [1.82, 2.24) is 9.46 Å². The molecule has 0 spiro atoms. The smallest absolute Gasteiger partial charge is 0.244 e. The van der Waals surface area contributed by atoms with Crippen LogP contribution in [0.5, 0.6) is 0 Å². The minimum absolute atomic E-state index is 0.167. The Morgan fingerprint density at radius 1 is 1.30 bits per heavy atom. The van der Waals surface area contributed by atoms with Gasteiger partial charge in [-0.25, -0.2) is 8.42 Å². The number of aromatic nitrogens is 1. The van der Waals surface area contributed by atoms with Crippen molar-refractivity contribution in [1.29, 1.82) is 0 Å². The van der Waals surface area contributed by atoms with Crippen molar-refractivity contribution in [3.8, 4) is 0 Å². The van der Waals surface area contributed by atoms with Gasteiger partial charge in [0.25, 0.3) is 0 Å². The van der Waals surface area contributed by atoms with Crippen molar-refractivity contribution >= 4 is 26.0 Å². The first kappa shape index (κ1) is 15.2. The molecule has 0 fully saturated rings. The summed E-state index contributed by atoms with van der Waals surface area (Å²) < 4.78 is 31.8. The molecule has 7 heteroatoms. The van der Waals surface area contributed by atoms with Gasteiger partial charge in [0.2, 0.25) is 10.0 Å². The second-order valence-electron chi connectivity index (χ2n) is 4.62. The van der Waals surface area contributed by atoms with Crippen LogP contribution in [0.2, 0.25) is 0 Å². The Bertz CT molecular complexity index is 725. The SMILES string of the molecule is Cc1ccc(S(=O)(=O)N(C)Cc2cc(C)on2)c(Br)c1. The number of hydrogen-bond donors (Lipinski definition) is 0. The lowest BCUT2D eigenvalue weighted by molar-refractivity contribution is 0.378. The molecule has 0 aliphatic heterocycles. The van der Waals surface area contributed by atoms with E-state index in [1.807, 2.05) is 6.92 Å². The van der Waals surface area contributed by atoms with Crippen LogP contribution in [0.1, 0.15) is 17.0 Å². The number of nitrogens with zero attached hydrogens (tertiary/aromatic N) is 2. The van der Waals surface area contributed by atoms with Gasteiger partial charge in [-0.05, 0) is 47.5 Å². The first-order chi connectivity index (χ1) is 9.30. The second kappa shape index (κ2) is 5.67. The van der Waals surface area contributed by atoms with Crippen LogP contribution in [0.15, 0.2) is 38.2 Å². The maximum Gasteiger partial charge on any atom is 0.244 e. The van der Waals surface area contributed by atoms with E-state index < -0.39 is 10.0 Å². The highest BCUT2D eigenvalue weighted by molar-refractivity contribution is 9.10. The molecule has 0 atom stereocenters. The average molecular weight is 359 g/mol. The Hall–Kier alpha value is -1.18. The van der Waals surface area contributed by atoms with E-state index in [0.29, 0.717) is 15.9 Å². The van der Waals surface area contributed by atoms with E-state index in [0.717, 1.165) is 5.56 Å². The van der Waals surface area contributed by atoms with Gasteiger partial charge < -0.3 is 4.52 Å². The minimum Gasteiger partial charge on any atom is -0.361 e. The molecule has 20 heavy (non-hydrogen) atoms. The van der Waals surface area contributed by atoms with Gasteiger partial charge in [-0.15, -0.1) is 0 Å². The van der Waals surface area contributed by atoms with E-state index >= 15 is 0 Å². The quantitative estimate of drug-likeness (QED) is 0.842. The molecule has 2 rings (SSSR count). The summed E-state index contributed by atoms with van der Waals surface area (Å²) >= 11 is 3.30. The molecular weight excluding hydrogens is 344 g/mol. The molecule has 0 saturated carbocycles. The van der Waals surface area contributed by atoms with E-state index in [4.69, 9.17) is 4.52 Å². The standard InChI is InChI=1S/C13H15BrN2O3S/c1-9-4-5-13(12(14)6-9)20(17,18)16(3)8-11-7-10(2)19-15-11/h4-7H,8H2,1-3H3. The third-order valence-electron chi connectivity index (χ3n) is 2.84. The van der Waals surface area contributed by atoms with Crippen LogP contribution in [0.4, 0.5) is 0 Å². The summed E-state index contributed by atoms with van der Waals surface area (Å²) in [5.74, 6) is 0.655. The molecule has 0 unspecified atom stereocenters. The first-order valence-electron chi connectivity index (χ1n) is 5.95. The summed E-state index contributed by atoms with van der Waals surface area (Å²) in [7, 11) is -2.05. The molecule has 108 valence electrons. The van der Waals surface area contributed by atoms with E-state index in [-0.39, 0.29) is 11.4 Å². The van der Waals surface area contributed by atoms with Gasteiger partial charge in [-0.2, -0.15) is 4.31 Å². The Labute approximate surface area is 126 Å². The molecule has 1 aromatic heterocycles. The summed E-state index contributed by atoms with van der Waals surface area (Å²) in [4.78, 5) is 0.241. The molecule has 1 aromatic carbocycles. The Morgan fingerprint density at radius 3 is 2.55 bits per heavy atom. The van der Waals surface area contributed by atoms with Crippen molar-refractivity contribution in [3.63, 3.8) is 0 Å². The summed E-state index contributed by atoms with van der Waals surface area (Å²) in [5, 5.41) is 3.81. The predicted octanol–water partition coefficient (Wildman–Crippen LogP) is 2.87. The first-order valence-corrected chi connectivity index (χ1v) is 8.18. The molecule has 5 nitrogen and oxygen atoms in total. The van der Waals surface area contributed by atoms with Crippen LogP contribution in [0.25, 0.3) is 0 Å². The maximum atomic E-state index is 12.5. The van der Waals surface area contributed by atoms with Crippen LogP contribution in [0, 0.1) is 13.8 Å². The van der Waals surface area contributed by atoms with Crippen molar-refractivity contribution < 1.29 is 12.9 Å². The monoisotopic (exact) mass is 358 g/mol. The number of aryl methyl sites for hydroxylation is 2. The van der Waals surface area contributed by atoms with Gasteiger partial charge in [0, 0.05) is 17.6 Å². The van der Waals surface area contributed by atoms with Crippen LogP contribution < -0.4 is 0 Å². The average Bonchev–Trinajstić information content (AvgIpc) is 2.74. The second-order valence-corrected chi connectivity index (χ2v) is 7.49. The highest BCUT2D eigenvalue weighted by atomic mass is 79.9. The van der Waals surface area contributed by atoms with Crippen molar-refractivity contribution in [2.24, 2.45) is 0 Å². The third-order valence-corrected chi connectivity index (χ3v) is 5.62. The Morgan fingerprint density at radius 2 is 2.00 bits per heavy atom. The zero-order valence-electron chi connectivity index (χ0n) is 11.4. The summed E-state index contributed by atoms with van der Waals surface area (Å²) in [6.07, 6.45) is 0. The molecule has 2 aromatic rings. The number of halogens is 1. The number of rotatable bonds is 4. The number of benzene rings is 1. The van der Waals surface area contributed by atoms with Crippen LogP contribution in [-0.2, 0) is 16.6 Å². The van der Waals surface area contributed by atoms with E-state index in [1.165, 1.54) is 11.4 Å². The normalized spacial score (nSPS) is 12.1. The van der Waals surface area contributed by atoms with Crippen LogP contribution >= 0.6 is 15.9 Å². The van der Waals surface area contributed by atoms with Gasteiger partial charge >= 0.3 is 0 Å². The zero-order valence-corrected chi connectivity index (χ0v) is 13.8. The fourth-order valence-electron chi connectivity index (χ4n) is 1.79. The lowest BCUT2D eigenvalue weighted by Crippen LogP contribution is -2.27. The number of hydrogen-bond acceptors (Lipinski definition) is 4. The van der Waals surface area contributed by atoms with Crippen molar-refractivity contribution in [2.45, 2.75) is 25.3 Å². The highest BCUT2D eigenvalue weighted by Gasteiger charge is 2.24. The molecule has 0 amide bonds. The molecule has 0 radical (unpaired) electrons. The molecular formula is C13H15BrN2O3S. The van der Waals surface area contributed by atoms with Crippen molar-refractivity contribution in [3.05, 3.63) is 45.8 Å². The third kappa shape index (κ3) is 3.11. The Balaban J connectivity index is 2.29. The highest BCUT2D eigenvalue weighted by Crippen LogP contribution is 2.26. The van der Waals surface area contributed by atoms with Gasteiger partial charge in [0.05, 0.1) is 17.1 Å². The van der Waals surface area contributed by atoms with Gasteiger partial charge in [0.1, 0.15) is 5.76 Å². The van der Waals surface area contributed by atoms with Crippen LogP contribution in [0.3, 0.4) is 0 Å². The van der Waals surface area contributed by atoms with Gasteiger partial charge in [-0.3, -0.25) is 0 Å². The van der Waals surface area contributed by atoms with Gasteiger partial charge in [0.15, 0.2) is 0 Å². The lowest BCUT2D eigenvalue weighted by atomic mass is 10.2. The number of sulfonamides is 1. The summed E-state index contributed by atoms with van der Waals surface area (Å²) in [6.45, 7) is 3.84.